The highest BCUT2D eigenvalue weighted by atomic mass is 16.5. The summed E-state index contributed by atoms with van der Waals surface area (Å²) < 4.78 is 15.8. The molecule has 0 radical (unpaired) electrons. The van der Waals surface area contributed by atoms with Gasteiger partial charge in [-0.05, 0) is 42.8 Å². The highest BCUT2D eigenvalue weighted by Crippen LogP contribution is 2.27. The third-order valence-corrected chi connectivity index (χ3v) is 4.71. The first-order valence-electron chi connectivity index (χ1n) is 9.02. The molecule has 0 aliphatic carbocycles. The van der Waals surface area contributed by atoms with E-state index in [4.69, 9.17) is 14.2 Å². The number of carbonyl (C=O) groups excluding carboxylic acids is 2. The van der Waals surface area contributed by atoms with Crippen LogP contribution in [0, 0.1) is 0 Å². The van der Waals surface area contributed by atoms with Gasteiger partial charge in [0.25, 0.3) is 5.91 Å². The molecule has 2 aromatic carbocycles. The maximum absolute atomic E-state index is 13.4. The van der Waals surface area contributed by atoms with Crippen molar-refractivity contribution < 1.29 is 23.8 Å². The highest BCUT2D eigenvalue weighted by Gasteiger charge is 2.27. The number of rotatable bonds is 7. The predicted octanol–water partition coefficient (Wildman–Crippen LogP) is 2.94. The molecule has 1 aliphatic rings. The van der Waals surface area contributed by atoms with Gasteiger partial charge >= 0.3 is 0 Å². The number of nitrogens with zero attached hydrogens (tertiary/aromatic N) is 2. The lowest BCUT2D eigenvalue weighted by molar-refractivity contribution is -0.127. The summed E-state index contributed by atoms with van der Waals surface area (Å²) in [7, 11) is 4.66. The van der Waals surface area contributed by atoms with Gasteiger partial charge in [0, 0.05) is 30.3 Å². The third-order valence-electron chi connectivity index (χ3n) is 4.71. The molecule has 0 unspecified atom stereocenters. The van der Waals surface area contributed by atoms with Crippen molar-refractivity contribution in [2.45, 2.75) is 12.8 Å². The zero-order chi connectivity index (χ0) is 20.1. The van der Waals surface area contributed by atoms with Gasteiger partial charge in [0.05, 0.1) is 21.3 Å². The first kappa shape index (κ1) is 19.5. The number of anilines is 1. The predicted molar refractivity (Wildman–Crippen MR) is 105 cm³/mol. The molecule has 148 valence electrons. The van der Waals surface area contributed by atoms with Crippen LogP contribution in [0.25, 0.3) is 0 Å². The summed E-state index contributed by atoms with van der Waals surface area (Å²) in [6, 6.07) is 12.2. The minimum atomic E-state index is -0.248. The van der Waals surface area contributed by atoms with E-state index in [1.54, 1.807) is 59.4 Å². The van der Waals surface area contributed by atoms with Crippen LogP contribution in [0.3, 0.4) is 0 Å². The number of benzene rings is 2. The smallest absolute Gasteiger partial charge is 0.260 e. The molecular weight excluding hydrogens is 360 g/mol. The lowest BCUT2D eigenvalue weighted by Gasteiger charge is -2.28. The van der Waals surface area contributed by atoms with Crippen LogP contribution in [0.1, 0.15) is 23.2 Å². The van der Waals surface area contributed by atoms with Gasteiger partial charge in [-0.25, -0.2) is 0 Å². The van der Waals surface area contributed by atoms with Gasteiger partial charge in [0.1, 0.15) is 23.9 Å². The lowest BCUT2D eigenvalue weighted by Crippen LogP contribution is -2.42. The molecule has 1 heterocycles. The van der Waals surface area contributed by atoms with Gasteiger partial charge in [0.15, 0.2) is 0 Å². The van der Waals surface area contributed by atoms with E-state index in [1.807, 2.05) is 0 Å². The fraction of sp³-hybridized carbons (Fsp3) is 0.333. The lowest BCUT2D eigenvalue weighted by atomic mass is 10.1. The van der Waals surface area contributed by atoms with E-state index in [9.17, 15) is 9.59 Å². The molecule has 3 rings (SSSR count). The third kappa shape index (κ3) is 4.19. The number of carbonyl (C=O) groups is 2. The SMILES string of the molecule is COc1ccc(N(CN2CCCC2=O)C(=O)c2cc(OC)cc(OC)c2)cc1. The van der Waals surface area contributed by atoms with Gasteiger partial charge in [-0.15, -0.1) is 0 Å². The Labute approximate surface area is 164 Å². The largest absolute Gasteiger partial charge is 0.497 e. The van der Waals surface area contributed by atoms with E-state index in [2.05, 4.69) is 0 Å². The normalized spacial score (nSPS) is 13.4. The van der Waals surface area contributed by atoms with Crippen LogP contribution in [0.4, 0.5) is 5.69 Å². The topological polar surface area (TPSA) is 68.3 Å². The van der Waals surface area contributed by atoms with E-state index < -0.39 is 0 Å². The van der Waals surface area contributed by atoms with E-state index >= 15 is 0 Å². The standard InChI is InChI=1S/C21H24N2O5/c1-26-17-8-6-16(7-9-17)23(14-22-10-4-5-20(22)24)21(25)15-11-18(27-2)13-19(12-15)28-3/h6-9,11-13H,4-5,10,14H2,1-3H3. The summed E-state index contributed by atoms with van der Waals surface area (Å²) in [6.07, 6.45) is 1.31. The van der Waals surface area contributed by atoms with Crippen molar-refractivity contribution in [2.24, 2.45) is 0 Å². The van der Waals surface area contributed by atoms with Crippen molar-refractivity contribution in [3.8, 4) is 17.2 Å². The number of hydrogen-bond acceptors (Lipinski definition) is 5. The Morgan fingerprint density at radius 1 is 0.964 bits per heavy atom. The molecule has 2 aromatic rings. The minimum absolute atomic E-state index is 0.0505. The second-order valence-electron chi connectivity index (χ2n) is 6.43. The van der Waals surface area contributed by atoms with Crippen molar-refractivity contribution in [2.75, 3.05) is 39.4 Å². The van der Waals surface area contributed by atoms with Crippen LogP contribution in [0.5, 0.6) is 17.2 Å². The second-order valence-corrected chi connectivity index (χ2v) is 6.43. The summed E-state index contributed by atoms with van der Waals surface area (Å²) in [5.74, 6) is 1.54. The molecule has 7 nitrogen and oxygen atoms in total. The summed E-state index contributed by atoms with van der Waals surface area (Å²) >= 11 is 0. The molecule has 28 heavy (non-hydrogen) atoms. The molecular formula is C21H24N2O5. The number of amides is 2. The van der Waals surface area contributed by atoms with Crippen LogP contribution in [-0.2, 0) is 4.79 Å². The van der Waals surface area contributed by atoms with Crippen molar-refractivity contribution in [3.63, 3.8) is 0 Å². The van der Waals surface area contributed by atoms with Gasteiger partial charge in [-0.2, -0.15) is 0 Å². The molecule has 0 N–H and O–H groups in total. The van der Waals surface area contributed by atoms with Crippen LogP contribution in [0.15, 0.2) is 42.5 Å². The Hall–Kier alpha value is -3.22. The summed E-state index contributed by atoms with van der Waals surface area (Å²) in [4.78, 5) is 28.8. The second kappa shape index (κ2) is 8.65. The zero-order valence-electron chi connectivity index (χ0n) is 16.3. The molecule has 2 amide bonds. The fourth-order valence-corrected chi connectivity index (χ4v) is 3.14. The summed E-state index contributed by atoms with van der Waals surface area (Å²) in [5.41, 5.74) is 1.09. The van der Waals surface area contributed by atoms with Crippen molar-refractivity contribution in [3.05, 3.63) is 48.0 Å². The van der Waals surface area contributed by atoms with Crippen LogP contribution < -0.4 is 19.1 Å². The first-order chi connectivity index (χ1) is 13.5. The number of hydrogen-bond donors (Lipinski definition) is 0. The molecule has 0 spiro atoms. The molecule has 0 saturated carbocycles. The Morgan fingerprint density at radius 2 is 1.57 bits per heavy atom. The molecule has 0 atom stereocenters. The Morgan fingerprint density at radius 3 is 2.07 bits per heavy atom. The molecule has 7 heteroatoms. The Balaban J connectivity index is 1.97. The van der Waals surface area contributed by atoms with E-state index in [0.717, 1.165) is 6.42 Å². The average molecular weight is 384 g/mol. The van der Waals surface area contributed by atoms with E-state index in [-0.39, 0.29) is 18.5 Å². The highest BCUT2D eigenvalue weighted by molar-refractivity contribution is 6.06. The molecule has 0 bridgehead atoms. The Bertz CT molecular complexity index is 828. The zero-order valence-corrected chi connectivity index (χ0v) is 16.3. The number of methoxy groups -OCH3 is 3. The van der Waals surface area contributed by atoms with Crippen LogP contribution in [0.2, 0.25) is 0 Å². The number of ether oxygens (including phenoxy) is 3. The van der Waals surface area contributed by atoms with Gasteiger partial charge in [-0.3, -0.25) is 14.5 Å². The molecule has 1 saturated heterocycles. The monoisotopic (exact) mass is 384 g/mol. The van der Waals surface area contributed by atoms with Crippen LogP contribution >= 0.6 is 0 Å². The molecule has 1 aliphatic heterocycles. The van der Waals surface area contributed by atoms with Crippen molar-refractivity contribution in [1.82, 2.24) is 4.90 Å². The molecule has 0 aromatic heterocycles. The van der Waals surface area contributed by atoms with Crippen molar-refractivity contribution >= 4 is 17.5 Å². The number of likely N-dealkylation sites (tertiary alicyclic amines) is 1. The van der Waals surface area contributed by atoms with E-state index in [0.29, 0.717) is 41.5 Å². The van der Waals surface area contributed by atoms with E-state index in [1.165, 1.54) is 14.2 Å². The van der Waals surface area contributed by atoms with Crippen molar-refractivity contribution in [1.29, 1.82) is 0 Å². The Kier molecular flexibility index (Phi) is 6.03. The summed E-state index contributed by atoms with van der Waals surface area (Å²) in [5, 5.41) is 0. The maximum atomic E-state index is 13.4. The van der Waals surface area contributed by atoms with Gasteiger partial charge in [0.2, 0.25) is 5.91 Å². The summed E-state index contributed by atoms with van der Waals surface area (Å²) in [6.45, 7) is 0.823. The minimum Gasteiger partial charge on any atom is -0.497 e. The average Bonchev–Trinajstić information content (AvgIpc) is 3.15. The first-order valence-corrected chi connectivity index (χ1v) is 9.02. The molecule has 1 fully saturated rings. The van der Waals surface area contributed by atoms with Crippen LogP contribution in [-0.4, -0.2) is 51.3 Å². The quantitative estimate of drug-likeness (QED) is 0.734. The van der Waals surface area contributed by atoms with Gasteiger partial charge < -0.3 is 19.1 Å². The van der Waals surface area contributed by atoms with Gasteiger partial charge in [-0.1, -0.05) is 0 Å². The fourth-order valence-electron chi connectivity index (χ4n) is 3.14. The maximum Gasteiger partial charge on any atom is 0.260 e.